The molecular weight excluding hydrogens is 721 g/mol. The Morgan fingerprint density at radius 3 is 0.983 bits per heavy atom. The third-order valence-electron chi connectivity index (χ3n) is 9.96. The molecule has 0 aromatic heterocycles. The SMILES string of the molecule is CC(Oc1ccc(Oc2ccc(N)cc2)cc1)C(C)Oc1ccc(Oc2ccc(N)cc2)cc1.CCCCCCCCCC(c1ccc(N)cc1)c1ccc(N)cc1. The molecule has 0 fully saturated rings. The molecule has 58 heavy (non-hydrogen) atoms. The lowest BCUT2D eigenvalue weighted by Crippen LogP contribution is -2.31. The average molecular weight is 781 g/mol. The number of ether oxygens (including phenoxy) is 4. The standard InChI is InChI=1S/C28H28N2O4.C22H32N2/c1-19(31-23-11-15-27(16-12-23)33-25-7-3-21(29)4-8-25)20(2)32-24-13-17-28(18-14-24)34-26-9-5-22(30)6-10-26;1-2-3-4-5-6-7-8-9-22(18-10-14-20(23)15-11-18)19-12-16-21(24)17-13-19/h3-20H,29-30H2,1-2H3;10-17,22H,2-9,23-24H2,1H3. The van der Waals surface area contributed by atoms with Gasteiger partial charge in [0, 0.05) is 28.7 Å². The first-order valence-corrected chi connectivity index (χ1v) is 20.5. The average Bonchev–Trinajstić information content (AvgIpc) is 3.23. The molecule has 304 valence electrons. The molecule has 8 heteroatoms. The fourth-order valence-corrected chi connectivity index (χ4v) is 6.43. The lowest BCUT2D eigenvalue weighted by atomic mass is 9.86. The molecule has 2 atom stereocenters. The highest BCUT2D eigenvalue weighted by molar-refractivity contribution is 5.47. The topological polar surface area (TPSA) is 141 Å². The lowest BCUT2D eigenvalue weighted by Gasteiger charge is -2.23. The summed E-state index contributed by atoms with van der Waals surface area (Å²) in [6, 6.07) is 46.2. The summed E-state index contributed by atoms with van der Waals surface area (Å²) in [7, 11) is 0. The maximum atomic E-state index is 6.05. The van der Waals surface area contributed by atoms with Crippen LogP contribution in [0.3, 0.4) is 0 Å². The number of nitrogens with two attached hydrogens (primary N) is 4. The quantitative estimate of drug-likeness (QED) is 0.0470. The second-order valence-electron chi connectivity index (χ2n) is 14.7. The van der Waals surface area contributed by atoms with Gasteiger partial charge in [-0.1, -0.05) is 76.1 Å². The first kappa shape index (κ1) is 42.9. The Hall–Kier alpha value is -6.28. The highest BCUT2D eigenvalue weighted by atomic mass is 16.5. The molecule has 0 aliphatic carbocycles. The van der Waals surface area contributed by atoms with Crippen LogP contribution in [0.5, 0.6) is 34.5 Å². The van der Waals surface area contributed by atoms with E-state index in [4.69, 9.17) is 41.9 Å². The van der Waals surface area contributed by atoms with Crippen molar-refractivity contribution in [1.29, 1.82) is 0 Å². The molecule has 0 bridgehead atoms. The maximum Gasteiger partial charge on any atom is 0.132 e. The van der Waals surface area contributed by atoms with Gasteiger partial charge in [-0.05, 0) is 153 Å². The van der Waals surface area contributed by atoms with Crippen molar-refractivity contribution >= 4 is 22.7 Å². The van der Waals surface area contributed by atoms with Crippen LogP contribution < -0.4 is 41.9 Å². The predicted molar refractivity (Wildman–Crippen MR) is 241 cm³/mol. The zero-order chi connectivity index (χ0) is 41.1. The smallest absolute Gasteiger partial charge is 0.132 e. The van der Waals surface area contributed by atoms with Crippen LogP contribution in [0.15, 0.2) is 146 Å². The van der Waals surface area contributed by atoms with E-state index in [1.165, 1.54) is 62.5 Å². The minimum absolute atomic E-state index is 0.172. The van der Waals surface area contributed by atoms with Crippen molar-refractivity contribution in [3.8, 4) is 34.5 Å². The Balaban J connectivity index is 0.000000235. The highest BCUT2D eigenvalue weighted by Gasteiger charge is 2.17. The minimum atomic E-state index is -0.172. The summed E-state index contributed by atoms with van der Waals surface area (Å²) in [5, 5.41) is 0. The molecule has 0 saturated carbocycles. The van der Waals surface area contributed by atoms with Crippen LogP contribution in [-0.4, -0.2) is 12.2 Å². The second kappa shape index (κ2) is 22.5. The fraction of sp³-hybridized carbons (Fsp3) is 0.280. The Kier molecular flexibility index (Phi) is 16.6. The van der Waals surface area contributed by atoms with Crippen molar-refractivity contribution in [2.45, 2.75) is 90.3 Å². The summed E-state index contributed by atoms with van der Waals surface area (Å²) >= 11 is 0. The minimum Gasteiger partial charge on any atom is -0.487 e. The van der Waals surface area contributed by atoms with Crippen molar-refractivity contribution in [3.05, 3.63) is 157 Å². The van der Waals surface area contributed by atoms with Crippen molar-refractivity contribution in [1.82, 2.24) is 0 Å². The summed E-state index contributed by atoms with van der Waals surface area (Å²) in [5.41, 5.74) is 28.9. The van der Waals surface area contributed by atoms with Gasteiger partial charge in [-0.15, -0.1) is 0 Å². The van der Waals surface area contributed by atoms with Gasteiger partial charge in [0.2, 0.25) is 0 Å². The van der Waals surface area contributed by atoms with Crippen molar-refractivity contribution in [2.24, 2.45) is 0 Å². The third kappa shape index (κ3) is 14.3. The van der Waals surface area contributed by atoms with E-state index >= 15 is 0 Å². The van der Waals surface area contributed by atoms with E-state index in [9.17, 15) is 0 Å². The number of benzene rings is 6. The van der Waals surface area contributed by atoms with Gasteiger partial charge in [0.05, 0.1) is 0 Å². The van der Waals surface area contributed by atoms with Gasteiger partial charge in [-0.25, -0.2) is 0 Å². The summed E-state index contributed by atoms with van der Waals surface area (Å²) < 4.78 is 23.7. The molecule has 0 heterocycles. The van der Waals surface area contributed by atoms with Crippen LogP contribution >= 0.6 is 0 Å². The van der Waals surface area contributed by atoms with Crippen LogP contribution in [0.1, 0.15) is 89.2 Å². The molecule has 8 N–H and O–H groups in total. The Morgan fingerprint density at radius 2 is 0.638 bits per heavy atom. The van der Waals surface area contributed by atoms with E-state index in [1.54, 1.807) is 24.3 Å². The maximum absolute atomic E-state index is 6.05. The highest BCUT2D eigenvalue weighted by Crippen LogP contribution is 2.32. The summed E-state index contributed by atoms with van der Waals surface area (Å²) in [5.74, 6) is 4.79. The molecule has 0 spiro atoms. The van der Waals surface area contributed by atoms with E-state index in [0.717, 1.165) is 45.9 Å². The summed E-state index contributed by atoms with van der Waals surface area (Å²) in [4.78, 5) is 0. The largest absolute Gasteiger partial charge is 0.487 e. The molecule has 8 nitrogen and oxygen atoms in total. The van der Waals surface area contributed by atoms with Crippen molar-refractivity contribution < 1.29 is 18.9 Å². The van der Waals surface area contributed by atoms with Crippen LogP contribution in [0.4, 0.5) is 22.7 Å². The van der Waals surface area contributed by atoms with Gasteiger partial charge in [0.1, 0.15) is 46.7 Å². The van der Waals surface area contributed by atoms with E-state index in [0.29, 0.717) is 17.3 Å². The summed E-state index contributed by atoms with van der Waals surface area (Å²) in [6.45, 7) is 6.22. The van der Waals surface area contributed by atoms with Crippen molar-refractivity contribution in [2.75, 3.05) is 22.9 Å². The molecule has 0 saturated heterocycles. The van der Waals surface area contributed by atoms with E-state index < -0.39 is 0 Å². The molecule has 0 amide bonds. The molecule has 6 aromatic carbocycles. The Bertz CT molecular complexity index is 1890. The monoisotopic (exact) mass is 780 g/mol. The normalized spacial score (nSPS) is 11.9. The number of nitrogen functional groups attached to an aromatic ring is 4. The number of hydrogen-bond acceptors (Lipinski definition) is 8. The third-order valence-corrected chi connectivity index (χ3v) is 9.96. The van der Waals surface area contributed by atoms with Crippen LogP contribution in [0.25, 0.3) is 0 Å². The van der Waals surface area contributed by atoms with Gasteiger partial charge in [0.15, 0.2) is 0 Å². The number of anilines is 4. The zero-order valence-electron chi connectivity index (χ0n) is 34.2. The van der Waals surface area contributed by atoms with Crippen molar-refractivity contribution in [3.63, 3.8) is 0 Å². The van der Waals surface area contributed by atoms with Gasteiger partial charge >= 0.3 is 0 Å². The lowest BCUT2D eigenvalue weighted by molar-refractivity contribution is 0.0779. The molecular formula is C50H60N4O4. The van der Waals surface area contributed by atoms with Gasteiger partial charge in [-0.2, -0.15) is 0 Å². The van der Waals surface area contributed by atoms with Gasteiger partial charge in [0.25, 0.3) is 0 Å². The van der Waals surface area contributed by atoms with Crippen LogP contribution in [0, 0.1) is 0 Å². The molecule has 0 radical (unpaired) electrons. The Morgan fingerprint density at radius 1 is 0.362 bits per heavy atom. The predicted octanol–water partition coefficient (Wildman–Crippen LogP) is 12.8. The van der Waals surface area contributed by atoms with Gasteiger partial charge in [-0.3, -0.25) is 0 Å². The van der Waals surface area contributed by atoms with Gasteiger partial charge < -0.3 is 41.9 Å². The van der Waals surface area contributed by atoms with E-state index in [2.05, 4.69) is 31.2 Å². The molecule has 0 aliphatic rings. The Labute approximate surface area is 345 Å². The second-order valence-corrected chi connectivity index (χ2v) is 14.7. The first-order valence-electron chi connectivity index (χ1n) is 20.5. The number of unbranched alkanes of at least 4 members (excludes halogenated alkanes) is 6. The summed E-state index contributed by atoms with van der Waals surface area (Å²) in [6.07, 6.45) is 10.2. The molecule has 0 aliphatic heterocycles. The molecule has 6 rings (SSSR count). The van der Waals surface area contributed by atoms with Crippen LogP contribution in [-0.2, 0) is 0 Å². The van der Waals surface area contributed by atoms with E-state index in [-0.39, 0.29) is 12.2 Å². The fourth-order valence-electron chi connectivity index (χ4n) is 6.43. The molecule has 2 unspecified atom stereocenters. The molecule has 6 aromatic rings. The zero-order valence-corrected chi connectivity index (χ0v) is 34.2. The number of hydrogen-bond donors (Lipinski definition) is 4. The first-order chi connectivity index (χ1) is 28.1. The van der Waals surface area contributed by atoms with Crippen LogP contribution in [0.2, 0.25) is 0 Å². The van der Waals surface area contributed by atoms with E-state index in [1.807, 2.05) is 111 Å². The number of rotatable bonds is 19.